The van der Waals surface area contributed by atoms with E-state index in [0.717, 1.165) is 4.88 Å². The molecule has 0 unspecified atom stereocenters. The maximum atomic E-state index is 12.4. The van der Waals surface area contributed by atoms with Gasteiger partial charge in [0, 0.05) is 18.5 Å². The van der Waals surface area contributed by atoms with Crippen LogP contribution in [0.1, 0.15) is 15.2 Å². The van der Waals surface area contributed by atoms with Gasteiger partial charge in [-0.2, -0.15) is 0 Å². The van der Waals surface area contributed by atoms with Crippen LogP contribution in [0.5, 0.6) is 0 Å². The molecule has 21 heavy (non-hydrogen) atoms. The fourth-order valence-electron chi connectivity index (χ4n) is 1.81. The highest BCUT2D eigenvalue weighted by molar-refractivity contribution is 7.89. The standard InChI is InChI=1S/C14H15NO4S2/c1-15(8-7-12-5-3-9-20-12)21(18,19)13-6-2-4-11(10-13)14(16)17/h2-6,9-10H,7-8H2,1H3,(H,16,17). The number of hydrogen-bond acceptors (Lipinski definition) is 4. The van der Waals surface area contributed by atoms with E-state index in [4.69, 9.17) is 5.11 Å². The molecule has 0 aliphatic rings. The molecule has 2 aromatic rings. The van der Waals surface area contributed by atoms with Crippen LogP contribution in [-0.2, 0) is 16.4 Å². The van der Waals surface area contributed by atoms with Crippen molar-refractivity contribution < 1.29 is 18.3 Å². The van der Waals surface area contributed by atoms with Crippen molar-refractivity contribution in [2.24, 2.45) is 0 Å². The molecule has 0 aliphatic carbocycles. The van der Waals surface area contributed by atoms with Crippen LogP contribution in [0.25, 0.3) is 0 Å². The van der Waals surface area contributed by atoms with Crippen LogP contribution in [0, 0.1) is 0 Å². The summed E-state index contributed by atoms with van der Waals surface area (Å²) in [6.45, 7) is 0.347. The largest absolute Gasteiger partial charge is 0.478 e. The van der Waals surface area contributed by atoms with Crippen LogP contribution in [0.2, 0.25) is 0 Å². The predicted molar refractivity (Wildman–Crippen MR) is 81.2 cm³/mol. The molecule has 0 radical (unpaired) electrons. The Balaban J connectivity index is 2.16. The average molecular weight is 325 g/mol. The van der Waals surface area contributed by atoms with Crippen molar-refractivity contribution in [1.29, 1.82) is 0 Å². The molecule has 0 spiro atoms. The van der Waals surface area contributed by atoms with E-state index in [1.165, 1.54) is 35.6 Å². The topological polar surface area (TPSA) is 74.7 Å². The molecule has 5 nitrogen and oxygen atoms in total. The zero-order valence-corrected chi connectivity index (χ0v) is 13.0. The van der Waals surface area contributed by atoms with Crippen molar-refractivity contribution in [1.82, 2.24) is 4.31 Å². The van der Waals surface area contributed by atoms with Gasteiger partial charge in [-0.25, -0.2) is 17.5 Å². The summed E-state index contributed by atoms with van der Waals surface area (Å²) in [5.74, 6) is -1.15. The third-order valence-electron chi connectivity index (χ3n) is 3.04. The smallest absolute Gasteiger partial charge is 0.335 e. The number of benzene rings is 1. The van der Waals surface area contributed by atoms with E-state index in [1.54, 1.807) is 11.3 Å². The lowest BCUT2D eigenvalue weighted by atomic mass is 10.2. The van der Waals surface area contributed by atoms with Gasteiger partial charge in [-0.3, -0.25) is 0 Å². The van der Waals surface area contributed by atoms with Crippen LogP contribution >= 0.6 is 11.3 Å². The number of carbonyl (C=O) groups is 1. The second-order valence-corrected chi connectivity index (χ2v) is 7.57. The number of hydrogen-bond donors (Lipinski definition) is 1. The third-order valence-corrected chi connectivity index (χ3v) is 5.83. The van der Waals surface area contributed by atoms with E-state index in [-0.39, 0.29) is 10.5 Å². The fourth-order valence-corrected chi connectivity index (χ4v) is 3.73. The predicted octanol–water partition coefficient (Wildman–Crippen LogP) is 2.31. The monoisotopic (exact) mass is 325 g/mol. The molecule has 0 atom stereocenters. The minimum Gasteiger partial charge on any atom is -0.478 e. The number of aromatic carboxylic acids is 1. The normalized spacial score (nSPS) is 11.7. The molecule has 0 saturated carbocycles. The molecule has 0 amide bonds. The summed E-state index contributed by atoms with van der Waals surface area (Å²) >= 11 is 1.58. The molecule has 112 valence electrons. The maximum Gasteiger partial charge on any atom is 0.335 e. The summed E-state index contributed by atoms with van der Waals surface area (Å²) in [7, 11) is -2.18. The lowest BCUT2D eigenvalue weighted by Crippen LogP contribution is -2.29. The number of likely N-dealkylation sites (N-methyl/N-ethyl adjacent to an activating group) is 1. The molecule has 1 heterocycles. The van der Waals surface area contributed by atoms with E-state index < -0.39 is 16.0 Å². The maximum absolute atomic E-state index is 12.4. The van der Waals surface area contributed by atoms with Crippen molar-refractivity contribution in [3.63, 3.8) is 0 Å². The summed E-state index contributed by atoms with van der Waals surface area (Å²) < 4.78 is 26.0. The lowest BCUT2D eigenvalue weighted by Gasteiger charge is -2.17. The first kappa shape index (κ1) is 15.7. The summed E-state index contributed by atoms with van der Waals surface area (Å²) in [6.07, 6.45) is 0.631. The van der Waals surface area contributed by atoms with Gasteiger partial charge in [0.1, 0.15) is 0 Å². The van der Waals surface area contributed by atoms with Crippen molar-refractivity contribution in [3.05, 3.63) is 52.2 Å². The Morgan fingerprint density at radius 1 is 1.29 bits per heavy atom. The minimum absolute atomic E-state index is 0.00363. The van der Waals surface area contributed by atoms with E-state index >= 15 is 0 Å². The first-order valence-corrected chi connectivity index (χ1v) is 8.55. The quantitative estimate of drug-likeness (QED) is 0.884. The van der Waals surface area contributed by atoms with Gasteiger partial charge in [-0.05, 0) is 36.1 Å². The zero-order valence-electron chi connectivity index (χ0n) is 11.4. The van der Waals surface area contributed by atoms with Crippen LogP contribution in [-0.4, -0.2) is 37.4 Å². The molecule has 0 aliphatic heterocycles. The summed E-state index contributed by atoms with van der Waals surface area (Å²) in [5, 5.41) is 10.9. The molecule has 7 heteroatoms. The Labute approximate surface area is 127 Å². The number of rotatable bonds is 6. The number of sulfonamides is 1. The minimum atomic E-state index is -3.67. The van der Waals surface area contributed by atoms with Gasteiger partial charge in [-0.15, -0.1) is 11.3 Å². The van der Waals surface area contributed by atoms with Crippen LogP contribution < -0.4 is 0 Å². The molecule has 0 saturated heterocycles. The van der Waals surface area contributed by atoms with E-state index in [0.29, 0.717) is 13.0 Å². The van der Waals surface area contributed by atoms with Gasteiger partial charge in [-0.1, -0.05) is 12.1 Å². The van der Waals surface area contributed by atoms with E-state index in [2.05, 4.69) is 0 Å². The molecule has 0 bridgehead atoms. The Bertz CT molecular complexity index is 723. The average Bonchev–Trinajstić information content (AvgIpc) is 2.98. The summed E-state index contributed by atoms with van der Waals surface area (Å²) in [5.41, 5.74) is -0.0391. The third kappa shape index (κ3) is 3.69. The fraction of sp³-hybridized carbons (Fsp3) is 0.214. The Hall–Kier alpha value is -1.70. The summed E-state index contributed by atoms with van der Waals surface area (Å²) in [4.78, 5) is 12.0. The summed E-state index contributed by atoms with van der Waals surface area (Å²) in [6, 6.07) is 9.26. The highest BCUT2D eigenvalue weighted by atomic mass is 32.2. The molecular formula is C14H15NO4S2. The number of nitrogens with zero attached hydrogens (tertiary/aromatic N) is 1. The van der Waals surface area contributed by atoms with Crippen LogP contribution in [0.3, 0.4) is 0 Å². The number of carboxylic acids is 1. The van der Waals surface area contributed by atoms with E-state index in [1.807, 2.05) is 17.5 Å². The molecule has 1 aromatic carbocycles. The molecular weight excluding hydrogens is 310 g/mol. The van der Waals surface area contributed by atoms with Crippen LogP contribution in [0.4, 0.5) is 0 Å². The Kier molecular flexibility index (Phi) is 4.76. The highest BCUT2D eigenvalue weighted by Crippen LogP contribution is 2.17. The van der Waals surface area contributed by atoms with Crippen molar-refractivity contribution in [2.75, 3.05) is 13.6 Å². The highest BCUT2D eigenvalue weighted by Gasteiger charge is 2.21. The number of thiophene rings is 1. The first-order valence-electron chi connectivity index (χ1n) is 6.23. The molecule has 2 rings (SSSR count). The molecule has 1 aromatic heterocycles. The second-order valence-electron chi connectivity index (χ2n) is 4.49. The SMILES string of the molecule is CN(CCc1cccs1)S(=O)(=O)c1cccc(C(=O)O)c1. The van der Waals surface area contributed by atoms with Crippen molar-refractivity contribution in [3.8, 4) is 0 Å². The number of carboxylic acid groups (broad SMARTS) is 1. The van der Waals surface area contributed by atoms with Gasteiger partial charge in [0.15, 0.2) is 0 Å². The second kappa shape index (κ2) is 6.38. The van der Waals surface area contributed by atoms with Crippen LogP contribution in [0.15, 0.2) is 46.7 Å². The van der Waals surface area contributed by atoms with Gasteiger partial charge >= 0.3 is 5.97 Å². The van der Waals surface area contributed by atoms with Gasteiger partial charge in [0.25, 0.3) is 0 Å². The van der Waals surface area contributed by atoms with Gasteiger partial charge in [0.2, 0.25) is 10.0 Å². The Morgan fingerprint density at radius 3 is 2.67 bits per heavy atom. The van der Waals surface area contributed by atoms with Gasteiger partial charge < -0.3 is 5.11 Å². The molecule has 1 N–H and O–H groups in total. The first-order chi connectivity index (χ1) is 9.91. The van der Waals surface area contributed by atoms with E-state index in [9.17, 15) is 13.2 Å². The van der Waals surface area contributed by atoms with Crippen molar-refractivity contribution >= 4 is 27.3 Å². The zero-order chi connectivity index (χ0) is 15.5. The Morgan fingerprint density at radius 2 is 2.05 bits per heavy atom. The van der Waals surface area contributed by atoms with Gasteiger partial charge in [0.05, 0.1) is 10.5 Å². The van der Waals surface area contributed by atoms with Crippen molar-refractivity contribution in [2.45, 2.75) is 11.3 Å². The lowest BCUT2D eigenvalue weighted by molar-refractivity contribution is 0.0696. The molecule has 0 fully saturated rings.